The van der Waals surface area contributed by atoms with E-state index in [1.165, 1.54) is 18.1 Å². The largest absolute Gasteiger partial charge is 0.481 e. The maximum atomic E-state index is 14.8. The van der Waals surface area contributed by atoms with Crippen molar-refractivity contribution >= 4 is 70.3 Å². The zero-order valence-electron chi connectivity index (χ0n) is 58.5. The van der Waals surface area contributed by atoms with E-state index in [1.54, 1.807) is 18.7 Å². The summed E-state index contributed by atoms with van der Waals surface area (Å²) in [4.78, 5) is 124. The van der Waals surface area contributed by atoms with E-state index in [0.717, 1.165) is 72.8 Å². The Morgan fingerprint density at radius 2 is 1.15 bits per heavy atom. The lowest BCUT2D eigenvalue weighted by molar-refractivity contribution is -0.150. The minimum Gasteiger partial charge on any atom is -0.481 e. The number of hydrogen-bond donors (Lipinski definition) is 8. The van der Waals surface area contributed by atoms with Gasteiger partial charge in [0, 0.05) is 54.7 Å². The highest BCUT2D eigenvalue weighted by Gasteiger charge is 2.58. The fourth-order valence-corrected chi connectivity index (χ4v) is 16.0. The third-order valence-corrected chi connectivity index (χ3v) is 21.5. The van der Waals surface area contributed by atoms with Gasteiger partial charge in [-0.25, -0.2) is 0 Å². The fourth-order valence-electron chi connectivity index (χ4n) is 16.0. The molecule has 0 radical (unpaired) electrons. The molecule has 99 heavy (non-hydrogen) atoms. The van der Waals surface area contributed by atoms with Crippen LogP contribution >= 0.6 is 0 Å². The molecule has 1 heterocycles. The molecule has 22 nitrogen and oxygen atoms in total. The molecule has 0 unspecified atom stereocenters. The number of para-hydroxylation sites is 1. The van der Waals surface area contributed by atoms with Gasteiger partial charge < -0.3 is 61.3 Å². The average Bonchev–Trinajstić information content (AvgIpc) is 0.725. The van der Waals surface area contributed by atoms with Gasteiger partial charge in [0.15, 0.2) is 0 Å². The molecule has 9 N–H and O–H groups in total. The molecule has 2 saturated carbocycles. The number of carboxylic acid groups (broad SMARTS) is 1. The molecular formula is C77H100N8O14. The molecule has 1 aliphatic heterocycles. The number of nitrogens with two attached hydrogens (primary N) is 1. The molecule has 9 rings (SSSR count). The molecule has 5 aliphatic rings. The molecule has 4 aromatic rings. The molecule has 532 valence electrons. The number of nitrogens with one attached hydrogen (secondary N) is 6. The van der Waals surface area contributed by atoms with Crippen molar-refractivity contribution in [3.05, 3.63) is 124 Å². The Labute approximate surface area is 581 Å². The zero-order valence-corrected chi connectivity index (χ0v) is 58.5. The monoisotopic (exact) mass is 1360 g/mol. The summed E-state index contributed by atoms with van der Waals surface area (Å²) in [5.74, 6) is 1.28. The van der Waals surface area contributed by atoms with E-state index in [1.807, 2.05) is 86.6 Å². The molecule has 8 amide bonds. The van der Waals surface area contributed by atoms with Gasteiger partial charge >= 0.3 is 5.97 Å². The average molecular weight is 1360 g/mol. The van der Waals surface area contributed by atoms with Crippen molar-refractivity contribution in [3.63, 3.8) is 0 Å². The van der Waals surface area contributed by atoms with Gasteiger partial charge in [-0.15, -0.1) is 0 Å². The lowest BCUT2D eigenvalue weighted by Crippen LogP contribution is -2.60. The second-order valence-corrected chi connectivity index (χ2v) is 28.6. The van der Waals surface area contributed by atoms with Crippen LogP contribution in [-0.4, -0.2) is 136 Å². The first-order chi connectivity index (χ1) is 47.3. The number of nitrogens with zero attached hydrogens (tertiary/aromatic N) is 1. The normalized spacial score (nSPS) is 22.7. The third-order valence-electron chi connectivity index (χ3n) is 21.5. The molecule has 2 fully saturated rings. The van der Waals surface area contributed by atoms with Gasteiger partial charge in [-0.2, -0.15) is 0 Å². The summed E-state index contributed by atoms with van der Waals surface area (Å²) in [5, 5.41) is 26.3. The highest BCUT2D eigenvalue weighted by Crippen LogP contribution is 2.60. The van der Waals surface area contributed by atoms with Gasteiger partial charge in [0.2, 0.25) is 47.3 Å². The Kier molecular flexibility index (Phi) is 25.3. The SMILES string of the molecule is CC(C)[C@H](NC(=O)[C@H](CCC(=O)O)NC(=O)CCOCCOCCOCCOCCNC(=O)CCC(=O)N1Cc2ccccc2C#Cc2ccccc21)C(=O)N[C@@H](C)C(=O)Nc1ccc2c(c1)[C@@]1(C)CCC[C@](C)(C(=O)NC(=O)[C@@]3(C)CCC[C@]4(C)c5cc(N)ccc5CC[C@@H]34)[C@@H]1CC2. The van der Waals surface area contributed by atoms with Crippen molar-refractivity contribution < 1.29 is 67.2 Å². The summed E-state index contributed by atoms with van der Waals surface area (Å²) in [5.41, 5.74) is 13.2. The van der Waals surface area contributed by atoms with E-state index in [0.29, 0.717) is 49.5 Å². The highest BCUT2D eigenvalue weighted by atomic mass is 16.6. The van der Waals surface area contributed by atoms with E-state index in [2.05, 4.69) is 69.7 Å². The van der Waals surface area contributed by atoms with Crippen LogP contribution in [0.15, 0.2) is 84.9 Å². The van der Waals surface area contributed by atoms with E-state index in [9.17, 15) is 48.3 Å². The van der Waals surface area contributed by atoms with Gasteiger partial charge in [0.05, 0.1) is 75.9 Å². The van der Waals surface area contributed by atoms with Crippen LogP contribution in [0.25, 0.3) is 0 Å². The molecular weight excluding hydrogens is 1260 g/mol. The third kappa shape index (κ3) is 18.1. The Morgan fingerprint density at radius 1 is 0.586 bits per heavy atom. The van der Waals surface area contributed by atoms with Crippen LogP contribution in [0.4, 0.5) is 17.1 Å². The molecule has 9 atom stereocenters. The van der Waals surface area contributed by atoms with Crippen molar-refractivity contribution in [2.45, 2.75) is 180 Å². The van der Waals surface area contributed by atoms with E-state index in [-0.39, 0.29) is 119 Å². The van der Waals surface area contributed by atoms with Gasteiger partial charge in [-0.1, -0.05) is 109 Å². The summed E-state index contributed by atoms with van der Waals surface area (Å²) in [7, 11) is 0. The maximum Gasteiger partial charge on any atom is 0.303 e. The topological polar surface area (TPSA) is 312 Å². The molecule has 0 aromatic heterocycles. The first-order valence-corrected chi connectivity index (χ1v) is 35.2. The van der Waals surface area contributed by atoms with Crippen molar-refractivity contribution in [1.82, 2.24) is 26.6 Å². The minimum absolute atomic E-state index is 0.0223. The number of anilines is 3. The van der Waals surface area contributed by atoms with Gasteiger partial charge in [0.25, 0.3) is 0 Å². The lowest BCUT2D eigenvalue weighted by atomic mass is 9.49. The van der Waals surface area contributed by atoms with Crippen LogP contribution in [0.2, 0.25) is 0 Å². The van der Waals surface area contributed by atoms with Crippen molar-refractivity contribution in [2.24, 2.45) is 28.6 Å². The summed E-state index contributed by atoms with van der Waals surface area (Å²) >= 11 is 0. The lowest BCUT2D eigenvalue weighted by Gasteiger charge is -2.56. The van der Waals surface area contributed by atoms with Crippen molar-refractivity contribution in [1.29, 1.82) is 0 Å². The van der Waals surface area contributed by atoms with Crippen LogP contribution in [0.1, 0.15) is 171 Å². The van der Waals surface area contributed by atoms with Crippen LogP contribution in [0.3, 0.4) is 0 Å². The predicted octanol–water partition coefficient (Wildman–Crippen LogP) is 7.87. The molecule has 0 spiro atoms. The Morgan fingerprint density at radius 3 is 1.78 bits per heavy atom. The van der Waals surface area contributed by atoms with E-state index < -0.39 is 76.3 Å². The molecule has 0 bridgehead atoms. The maximum absolute atomic E-state index is 14.8. The van der Waals surface area contributed by atoms with Crippen LogP contribution in [0, 0.1) is 40.4 Å². The van der Waals surface area contributed by atoms with Crippen molar-refractivity contribution in [3.8, 4) is 11.8 Å². The molecule has 4 aliphatic carbocycles. The Hall–Kier alpha value is -8.49. The number of fused-ring (bicyclic) bond motifs is 8. The van der Waals surface area contributed by atoms with E-state index in [4.69, 9.17) is 24.7 Å². The number of nitrogen functional groups attached to an aromatic ring is 1. The number of carbonyl (C=O) groups excluding carboxylic acids is 8. The van der Waals surface area contributed by atoms with Crippen LogP contribution < -0.4 is 42.5 Å². The molecule has 4 aromatic carbocycles. The standard InChI is InChI=1S/C77H100N8O14/c1-49(2)68(71(93)80-50(3)69(91)81-57-25-21-53-23-28-63-75(5,59(53)47-57)34-13-36-77(63,7)73(95)84-72(94)76(6)35-12-33-74(4)58-46-56(78)24-20-52(58)22-27-62(74)76)83-70(92)60(26-31-67(89)90)82-65(87)32-38-96-40-42-98-44-45-99-43-41-97-39-37-79-64(86)29-30-66(88)85-48-55-16-9-8-14-51(55)18-19-54-15-10-11-17-61(54)85/h8-11,14-17,20-21,24-25,46-47,49-50,60,62-63,68H,12-13,22-23,26-45,48,78H2,1-7H3,(H,79,86)(H,80,93)(H,81,91)(H,82,87)(H,83,92)(H,89,90)(H,84,94,95)/t50-,60-,62+,63+,68-,74+,75+,76-,77-/m0/s1. The number of aryl methyl sites for hydroxylation is 2. The number of hydrogen-bond acceptors (Lipinski definition) is 14. The van der Waals surface area contributed by atoms with Crippen LogP contribution in [-0.2, 0) is 92.3 Å². The molecule has 0 saturated heterocycles. The second kappa shape index (κ2) is 33.6. The number of carbonyl (C=O) groups is 9. The summed E-state index contributed by atoms with van der Waals surface area (Å²) < 4.78 is 22.3. The fraction of sp³-hybridized carbons (Fsp3) is 0.545. The smallest absolute Gasteiger partial charge is 0.303 e. The highest BCUT2D eigenvalue weighted by molar-refractivity contribution is 6.02. The summed E-state index contributed by atoms with van der Waals surface area (Å²) in [6.07, 6.45) is 7.12. The second-order valence-electron chi connectivity index (χ2n) is 28.6. The quantitative estimate of drug-likeness (QED) is 0.0103. The zero-order chi connectivity index (χ0) is 71.1. The van der Waals surface area contributed by atoms with Crippen molar-refractivity contribution in [2.75, 3.05) is 75.4 Å². The van der Waals surface area contributed by atoms with Gasteiger partial charge in [0.1, 0.15) is 18.1 Å². The predicted molar refractivity (Wildman–Crippen MR) is 375 cm³/mol. The number of benzene rings is 4. The Bertz CT molecular complexity index is 3700. The summed E-state index contributed by atoms with van der Waals surface area (Å²) in [6.45, 7) is 15.8. The minimum atomic E-state index is -1.30. The van der Waals surface area contributed by atoms with E-state index >= 15 is 0 Å². The van der Waals surface area contributed by atoms with Crippen LogP contribution in [0.5, 0.6) is 0 Å². The van der Waals surface area contributed by atoms with Gasteiger partial charge in [-0.05, 0) is 164 Å². The number of imide groups is 1. The molecule has 22 heteroatoms. The summed E-state index contributed by atoms with van der Waals surface area (Å²) in [6, 6.07) is 23.6. The van der Waals surface area contributed by atoms with Gasteiger partial charge in [-0.3, -0.25) is 48.5 Å². The number of rotatable bonds is 31. The first kappa shape index (κ1) is 74.7. The number of amides is 8. The number of carboxylic acids is 1. The number of aliphatic carboxylic acids is 1. The number of ether oxygens (including phenoxy) is 4. The first-order valence-electron chi connectivity index (χ1n) is 35.2. The Balaban J connectivity index is 0.653.